The van der Waals surface area contributed by atoms with E-state index in [0.717, 1.165) is 61.6 Å². The maximum atomic E-state index is 13.0. The largest absolute Gasteiger partial charge is 0.379 e. The maximum Gasteiger partial charge on any atom is 0.315 e. The number of morpholine rings is 1. The average molecular weight is 473 g/mol. The molecule has 1 heterocycles. The van der Waals surface area contributed by atoms with Gasteiger partial charge in [-0.2, -0.15) is 0 Å². The van der Waals surface area contributed by atoms with Gasteiger partial charge in [-0.3, -0.25) is 4.90 Å². The summed E-state index contributed by atoms with van der Waals surface area (Å²) in [5, 5.41) is 6.28. The van der Waals surface area contributed by atoms with E-state index in [2.05, 4.69) is 83.1 Å². The van der Waals surface area contributed by atoms with E-state index >= 15 is 0 Å². The summed E-state index contributed by atoms with van der Waals surface area (Å²) in [6.45, 7) is 5.37. The lowest BCUT2D eigenvalue weighted by Crippen LogP contribution is -2.45. The summed E-state index contributed by atoms with van der Waals surface area (Å²) in [5.41, 5.74) is 5.76. The number of carbonyl (C=O) groups excluding carboxylic acids is 1. The van der Waals surface area contributed by atoms with E-state index in [1.165, 1.54) is 5.56 Å². The molecule has 1 unspecified atom stereocenters. The molecule has 35 heavy (non-hydrogen) atoms. The van der Waals surface area contributed by atoms with Gasteiger partial charge in [0.15, 0.2) is 0 Å². The molecule has 6 nitrogen and oxygen atoms in total. The first kappa shape index (κ1) is 24.9. The van der Waals surface area contributed by atoms with Gasteiger partial charge < -0.3 is 20.3 Å². The number of nitrogens with one attached hydrogen (secondary N) is 2. The second-order valence-corrected chi connectivity index (χ2v) is 9.30. The highest BCUT2D eigenvalue weighted by atomic mass is 16.5. The van der Waals surface area contributed by atoms with Crippen LogP contribution in [0.5, 0.6) is 0 Å². The molecule has 1 aliphatic rings. The Labute approximate surface area is 208 Å². The molecular weight excluding hydrogens is 436 g/mol. The lowest BCUT2D eigenvalue weighted by Gasteiger charge is -2.31. The second-order valence-electron chi connectivity index (χ2n) is 9.30. The van der Waals surface area contributed by atoms with Gasteiger partial charge in [-0.1, -0.05) is 78.9 Å². The molecule has 0 aliphatic carbocycles. The summed E-state index contributed by atoms with van der Waals surface area (Å²) in [7, 11) is 4.15. The molecule has 1 fully saturated rings. The SMILES string of the molecule is CN(C)Cc1ccc(-c2ccccc2CNC(=O)NC(CN2CCOCC2)c2ccccc2)cc1. The molecule has 3 aromatic carbocycles. The van der Waals surface area contributed by atoms with Gasteiger partial charge >= 0.3 is 6.03 Å². The summed E-state index contributed by atoms with van der Waals surface area (Å²) in [6.07, 6.45) is 0. The third-order valence-corrected chi connectivity index (χ3v) is 6.27. The minimum atomic E-state index is -0.164. The minimum absolute atomic E-state index is 0.0891. The summed E-state index contributed by atoms with van der Waals surface area (Å²) in [6, 6.07) is 26.8. The number of benzene rings is 3. The Hall–Kier alpha value is -3.19. The standard InChI is InChI=1S/C29H36N4O2/c1-32(2)21-23-12-14-24(15-13-23)27-11-7-6-10-26(27)20-30-29(34)31-28(25-8-4-3-5-9-25)22-33-16-18-35-19-17-33/h3-15,28H,16-22H2,1-2H3,(H2,30,31,34). The van der Waals surface area contributed by atoms with Crippen LogP contribution in [0.1, 0.15) is 22.7 Å². The summed E-state index contributed by atoms with van der Waals surface area (Å²) < 4.78 is 5.48. The van der Waals surface area contributed by atoms with Crippen molar-refractivity contribution in [3.05, 3.63) is 95.6 Å². The summed E-state index contributed by atoms with van der Waals surface area (Å²) in [5.74, 6) is 0. The third-order valence-electron chi connectivity index (χ3n) is 6.27. The molecule has 1 aliphatic heterocycles. The minimum Gasteiger partial charge on any atom is -0.379 e. The van der Waals surface area contributed by atoms with E-state index in [4.69, 9.17) is 4.74 Å². The molecule has 0 spiro atoms. The first-order chi connectivity index (χ1) is 17.1. The van der Waals surface area contributed by atoms with E-state index in [0.29, 0.717) is 6.54 Å². The molecule has 1 saturated heterocycles. The van der Waals surface area contributed by atoms with E-state index in [1.54, 1.807) is 0 Å². The predicted molar refractivity (Wildman–Crippen MR) is 141 cm³/mol. The van der Waals surface area contributed by atoms with Crippen molar-refractivity contribution in [3.63, 3.8) is 0 Å². The lowest BCUT2D eigenvalue weighted by molar-refractivity contribution is 0.0340. The maximum absolute atomic E-state index is 13.0. The molecule has 0 radical (unpaired) electrons. The fourth-order valence-corrected chi connectivity index (χ4v) is 4.46. The predicted octanol–water partition coefficient (Wildman–Crippen LogP) is 4.29. The number of ether oxygens (including phenoxy) is 1. The van der Waals surface area contributed by atoms with Gasteiger partial charge in [0.25, 0.3) is 0 Å². The van der Waals surface area contributed by atoms with Crippen LogP contribution in [0.3, 0.4) is 0 Å². The second kappa shape index (κ2) is 12.5. The Kier molecular flexibility index (Phi) is 8.90. The van der Waals surface area contributed by atoms with Gasteiger partial charge in [0.05, 0.1) is 19.3 Å². The Morgan fingerprint density at radius 2 is 1.63 bits per heavy atom. The van der Waals surface area contributed by atoms with Crippen LogP contribution in [-0.2, 0) is 17.8 Å². The van der Waals surface area contributed by atoms with Gasteiger partial charge in [-0.15, -0.1) is 0 Å². The van der Waals surface area contributed by atoms with Crippen LogP contribution in [0.25, 0.3) is 11.1 Å². The van der Waals surface area contributed by atoms with Gasteiger partial charge in [0.2, 0.25) is 0 Å². The quantitative estimate of drug-likeness (QED) is 0.488. The molecule has 2 amide bonds. The molecule has 6 heteroatoms. The van der Waals surface area contributed by atoms with E-state index in [9.17, 15) is 4.79 Å². The van der Waals surface area contributed by atoms with Crippen LogP contribution in [0.2, 0.25) is 0 Å². The smallest absolute Gasteiger partial charge is 0.315 e. The topological polar surface area (TPSA) is 56.8 Å². The average Bonchev–Trinajstić information content (AvgIpc) is 2.88. The Morgan fingerprint density at radius 3 is 2.34 bits per heavy atom. The highest BCUT2D eigenvalue weighted by Crippen LogP contribution is 2.24. The van der Waals surface area contributed by atoms with Crippen LogP contribution in [0, 0.1) is 0 Å². The third kappa shape index (κ3) is 7.39. The Balaban J connectivity index is 1.41. The molecule has 184 valence electrons. The number of rotatable bonds is 9. The first-order valence-corrected chi connectivity index (χ1v) is 12.3. The number of urea groups is 1. The molecule has 0 bridgehead atoms. The first-order valence-electron chi connectivity index (χ1n) is 12.3. The molecule has 3 aromatic rings. The number of hydrogen-bond acceptors (Lipinski definition) is 4. The molecule has 4 rings (SSSR count). The van der Waals surface area contributed by atoms with Crippen molar-refractivity contribution in [2.24, 2.45) is 0 Å². The van der Waals surface area contributed by atoms with Crippen molar-refractivity contribution in [3.8, 4) is 11.1 Å². The Bertz CT molecular complexity index is 1060. The molecule has 0 saturated carbocycles. The van der Waals surface area contributed by atoms with Crippen molar-refractivity contribution >= 4 is 6.03 Å². The summed E-state index contributed by atoms with van der Waals surface area (Å²) >= 11 is 0. The van der Waals surface area contributed by atoms with Gasteiger partial charge in [-0.05, 0) is 41.9 Å². The van der Waals surface area contributed by atoms with E-state index in [1.807, 2.05) is 30.3 Å². The number of nitrogens with zero attached hydrogens (tertiary/aromatic N) is 2. The highest BCUT2D eigenvalue weighted by molar-refractivity contribution is 5.75. The number of carbonyl (C=O) groups is 1. The molecular formula is C29H36N4O2. The van der Waals surface area contributed by atoms with E-state index in [-0.39, 0.29) is 12.1 Å². The zero-order chi connectivity index (χ0) is 24.5. The number of amides is 2. The van der Waals surface area contributed by atoms with E-state index < -0.39 is 0 Å². The van der Waals surface area contributed by atoms with Gasteiger partial charge in [-0.25, -0.2) is 4.79 Å². The fourth-order valence-electron chi connectivity index (χ4n) is 4.46. The molecule has 1 atom stereocenters. The van der Waals surface area contributed by atoms with Gasteiger partial charge in [0.1, 0.15) is 0 Å². The van der Waals surface area contributed by atoms with Crippen LogP contribution < -0.4 is 10.6 Å². The van der Waals surface area contributed by atoms with Crippen molar-refractivity contribution in [1.82, 2.24) is 20.4 Å². The van der Waals surface area contributed by atoms with Crippen molar-refractivity contribution in [1.29, 1.82) is 0 Å². The van der Waals surface area contributed by atoms with Crippen molar-refractivity contribution in [2.45, 2.75) is 19.1 Å². The van der Waals surface area contributed by atoms with Crippen molar-refractivity contribution in [2.75, 3.05) is 46.9 Å². The van der Waals surface area contributed by atoms with Crippen LogP contribution in [-0.4, -0.2) is 62.8 Å². The number of hydrogen-bond donors (Lipinski definition) is 2. The van der Waals surface area contributed by atoms with Crippen LogP contribution in [0.4, 0.5) is 4.79 Å². The monoisotopic (exact) mass is 472 g/mol. The fraction of sp³-hybridized carbons (Fsp3) is 0.345. The zero-order valence-corrected chi connectivity index (χ0v) is 20.7. The van der Waals surface area contributed by atoms with Crippen LogP contribution in [0.15, 0.2) is 78.9 Å². The molecule has 0 aromatic heterocycles. The van der Waals surface area contributed by atoms with Gasteiger partial charge in [0, 0.05) is 32.7 Å². The lowest BCUT2D eigenvalue weighted by atomic mass is 9.98. The zero-order valence-electron chi connectivity index (χ0n) is 20.7. The normalized spacial score (nSPS) is 15.1. The highest BCUT2D eigenvalue weighted by Gasteiger charge is 2.20. The van der Waals surface area contributed by atoms with Crippen molar-refractivity contribution < 1.29 is 9.53 Å². The molecule has 2 N–H and O–H groups in total. The Morgan fingerprint density at radius 1 is 0.943 bits per heavy atom. The summed E-state index contributed by atoms with van der Waals surface area (Å²) in [4.78, 5) is 17.5. The van der Waals surface area contributed by atoms with Crippen LogP contribution >= 0.6 is 0 Å².